The van der Waals surface area contributed by atoms with Crippen molar-refractivity contribution >= 4 is 29.1 Å². The van der Waals surface area contributed by atoms with E-state index in [-0.39, 0.29) is 23.7 Å². The van der Waals surface area contributed by atoms with E-state index in [9.17, 15) is 14.4 Å². The molecule has 3 aromatic rings. The Morgan fingerprint density at radius 3 is 2.17 bits per heavy atom. The zero-order valence-electron chi connectivity index (χ0n) is 23.1. The molecule has 1 N–H and O–H groups in total. The first kappa shape index (κ1) is 26.1. The summed E-state index contributed by atoms with van der Waals surface area (Å²) < 4.78 is 5.23. The van der Waals surface area contributed by atoms with Crippen LogP contribution in [0.15, 0.2) is 72.8 Å². The monoisotopic (exact) mass is 538 g/mol. The number of methoxy groups -OCH3 is 1. The molecule has 1 spiro atoms. The van der Waals surface area contributed by atoms with Crippen LogP contribution in [0, 0.1) is 0 Å². The Morgan fingerprint density at radius 1 is 0.850 bits per heavy atom. The van der Waals surface area contributed by atoms with Crippen LogP contribution in [0.2, 0.25) is 0 Å². The van der Waals surface area contributed by atoms with E-state index in [0.717, 1.165) is 37.0 Å². The lowest BCUT2D eigenvalue weighted by Crippen LogP contribution is -2.54. The van der Waals surface area contributed by atoms with Gasteiger partial charge in [-0.15, -0.1) is 0 Å². The Bertz CT molecular complexity index is 1460. The number of nitrogens with one attached hydrogen (secondary N) is 1. The first-order valence-corrected chi connectivity index (χ1v) is 13.7. The van der Waals surface area contributed by atoms with Gasteiger partial charge >= 0.3 is 6.03 Å². The van der Waals surface area contributed by atoms with Crippen LogP contribution in [0.4, 0.5) is 16.2 Å². The summed E-state index contributed by atoms with van der Waals surface area (Å²) in [5, 5.41) is 3.27. The molecule has 2 heterocycles. The molecule has 2 aliphatic heterocycles. The standard InChI is InChI=1S/C32H34N4O4/c1-34(2)32(23-8-5-4-6-9-23)18-16-31(17-19-32)21-36(30(39)33-31)26-11-7-10-25-27(26)28(37)29(38)35(25)20-22-12-14-24(40-3)15-13-22/h4-15H,16-21H2,1-3H3,(H,33,39). The van der Waals surface area contributed by atoms with Gasteiger partial charge in [0.2, 0.25) is 0 Å². The van der Waals surface area contributed by atoms with Crippen LogP contribution >= 0.6 is 0 Å². The minimum atomic E-state index is -0.580. The predicted molar refractivity (Wildman–Crippen MR) is 154 cm³/mol. The lowest BCUT2D eigenvalue weighted by Gasteiger charge is -2.48. The Balaban J connectivity index is 1.26. The third-order valence-electron chi connectivity index (χ3n) is 9.05. The molecule has 0 atom stereocenters. The Kier molecular flexibility index (Phi) is 6.38. The smallest absolute Gasteiger partial charge is 0.322 e. The number of fused-ring (bicyclic) bond motifs is 1. The number of carbonyl (C=O) groups is 3. The number of carbonyl (C=O) groups excluding carboxylic acids is 3. The molecule has 8 heteroatoms. The van der Waals surface area contributed by atoms with Gasteiger partial charge in [-0.3, -0.25) is 19.4 Å². The molecule has 0 aromatic heterocycles. The second-order valence-corrected chi connectivity index (χ2v) is 11.3. The number of rotatable bonds is 6. The van der Waals surface area contributed by atoms with Gasteiger partial charge in [0.15, 0.2) is 0 Å². The van der Waals surface area contributed by atoms with Gasteiger partial charge in [0, 0.05) is 5.54 Å². The largest absolute Gasteiger partial charge is 0.497 e. The summed E-state index contributed by atoms with van der Waals surface area (Å²) in [6.45, 7) is 0.716. The van der Waals surface area contributed by atoms with E-state index in [1.807, 2.05) is 36.4 Å². The second-order valence-electron chi connectivity index (χ2n) is 11.3. The minimum Gasteiger partial charge on any atom is -0.497 e. The van der Waals surface area contributed by atoms with E-state index < -0.39 is 11.7 Å². The van der Waals surface area contributed by atoms with Crippen molar-refractivity contribution in [1.29, 1.82) is 0 Å². The van der Waals surface area contributed by atoms with Crippen LogP contribution in [-0.4, -0.2) is 55.9 Å². The molecule has 3 amide bonds. The van der Waals surface area contributed by atoms with Gasteiger partial charge < -0.3 is 15.0 Å². The summed E-state index contributed by atoms with van der Waals surface area (Å²) in [4.78, 5) is 45.3. The van der Waals surface area contributed by atoms with Crippen molar-refractivity contribution in [1.82, 2.24) is 10.2 Å². The highest BCUT2D eigenvalue weighted by atomic mass is 16.5. The molecule has 1 saturated carbocycles. The summed E-state index contributed by atoms with van der Waals surface area (Å²) in [6, 6.07) is 23.1. The lowest BCUT2D eigenvalue weighted by molar-refractivity contribution is -0.114. The number of ketones is 1. The Hall–Kier alpha value is -4.17. The van der Waals surface area contributed by atoms with Crippen LogP contribution in [0.25, 0.3) is 0 Å². The highest BCUT2D eigenvalue weighted by molar-refractivity contribution is 6.53. The van der Waals surface area contributed by atoms with Gasteiger partial charge in [-0.25, -0.2) is 4.79 Å². The molecule has 1 aliphatic carbocycles. The van der Waals surface area contributed by atoms with Crippen molar-refractivity contribution in [3.05, 3.63) is 89.5 Å². The average Bonchev–Trinajstić information content (AvgIpc) is 3.42. The quantitative estimate of drug-likeness (QED) is 0.459. The summed E-state index contributed by atoms with van der Waals surface area (Å²) >= 11 is 0. The van der Waals surface area contributed by atoms with Crippen molar-refractivity contribution in [2.75, 3.05) is 37.5 Å². The molecular weight excluding hydrogens is 504 g/mol. The number of anilines is 2. The van der Waals surface area contributed by atoms with Crippen molar-refractivity contribution in [3.8, 4) is 5.75 Å². The van der Waals surface area contributed by atoms with E-state index in [1.165, 1.54) is 10.5 Å². The maximum Gasteiger partial charge on any atom is 0.322 e. The minimum absolute atomic E-state index is 0.0943. The van der Waals surface area contributed by atoms with E-state index in [4.69, 9.17) is 4.74 Å². The summed E-state index contributed by atoms with van der Waals surface area (Å²) in [5.74, 6) is -0.436. The fourth-order valence-corrected chi connectivity index (χ4v) is 6.69. The Morgan fingerprint density at radius 2 is 1.52 bits per heavy atom. The summed E-state index contributed by atoms with van der Waals surface area (Å²) in [6.07, 6.45) is 3.43. The van der Waals surface area contributed by atoms with Crippen LogP contribution in [0.5, 0.6) is 5.75 Å². The van der Waals surface area contributed by atoms with Gasteiger partial charge in [0.25, 0.3) is 11.7 Å². The summed E-state index contributed by atoms with van der Waals surface area (Å²) in [7, 11) is 5.85. The van der Waals surface area contributed by atoms with E-state index in [0.29, 0.717) is 23.5 Å². The molecule has 8 nitrogen and oxygen atoms in total. The third-order valence-corrected chi connectivity index (χ3v) is 9.05. The SMILES string of the molecule is COc1ccc(CN2C(=O)C(=O)c3c(N4CC5(CCC(c6ccccc6)(N(C)C)CC5)NC4=O)cccc32)cc1. The third kappa shape index (κ3) is 4.14. The molecule has 3 aromatic carbocycles. The number of Topliss-reactive ketones (excluding diaryl/α,β-unsaturated/α-hetero) is 1. The number of benzene rings is 3. The molecule has 206 valence electrons. The summed E-state index contributed by atoms with van der Waals surface area (Å²) in [5.41, 5.74) is 3.02. The number of hydrogen-bond acceptors (Lipinski definition) is 5. The molecule has 0 unspecified atom stereocenters. The average molecular weight is 539 g/mol. The maximum absolute atomic E-state index is 13.4. The highest BCUT2D eigenvalue weighted by Gasteiger charge is 2.51. The molecule has 0 bridgehead atoms. The fourth-order valence-electron chi connectivity index (χ4n) is 6.69. The van der Waals surface area contributed by atoms with Gasteiger partial charge in [-0.05, 0) is 75.2 Å². The van der Waals surface area contributed by atoms with Crippen molar-refractivity contribution < 1.29 is 19.1 Å². The van der Waals surface area contributed by atoms with E-state index >= 15 is 0 Å². The molecule has 6 rings (SSSR count). The topological polar surface area (TPSA) is 82.2 Å². The molecule has 2 fully saturated rings. The molecule has 1 saturated heterocycles. The van der Waals surface area contributed by atoms with Gasteiger partial charge in [0.1, 0.15) is 5.75 Å². The number of hydrogen-bond donors (Lipinski definition) is 1. The van der Waals surface area contributed by atoms with Gasteiger partial charge in [-0.2, -0.15) is 0 Å². The van der Waals surface area contributed by atoms with Crippen molar-refractivity contribution in [2.24, 2.45) is 0 Å². The number of ether oxygens (including phenoxy) is 1. The molecule has 40 heavy (non-hydrogen) atoms. The van der Waals surface area contributed by atoms with Crippen LogP contribution in [-0.2, 0) is 16.9 Å². The van der Waals surface area contributed by atoms with Crippen molar-refractivity contribution in [2.45, 2.75) is 43.3 Å². The molecule has 3 aliphatic rings. The Labute approximate surface area is 234 Å². The highest BCUT2D eigenvalue weighted by Crippen LogP contribution is 2.47. The maximum atomic E-state index is 13.4. The van der Waals surface area contributed by atoms with Gasteiger partial charge in [0.05, 0.1) is 42.7 Å². The number of nitrogens with zero attached hydrogens (tertiary/aromatic N) is 3. The van der Waals surface area contributed by atoms with Gasteiger partial charge in [-0.1, -0.05) is 48.5 Å². The van der Waals surface area contributed by atoms with Crippen molar-refractivity contribution in [3.63, 3.8) is 0 Å². The van der Waals surface area contributed by atoms with Crippen LogP contribution < -0.4 is 19.9 Å². The van der Waals surface area contributed by atoms with Crippen LogP contribution in [0.1, 0.15) is 47.2 Å². The predicted octanol–water partition coefficient (Wildman–Crippen LogP) is 4.72. The number of urea groups is 1. The normalized spacial score (nSPS) is 24.1. The first-order chi connectivity index (χ1) is 19.3. The molecular formula is C32H34N4O4. The molecule has 0 radical (unpaired) electrons. The zero-order valence-corrected chi connectivity index (χ0v) is 23.1. The first-order valence-electron chi connectivity index (χ1n) is 13.7. The fraction of sp³-hybridized carbons (Fsp3) is 0.344. The number of amides is 3. The lowest BCUT2D eigenvalue weighted by atomic mass is 9.69. The van der Waals surface area contributed by atoms with E-state index in [1.54, 1.807) is 24.1 Å². The second kappa shape index (κ2) is 9.78. The van der Waals surface area contributed by atoms with E-state index in [2.05, 4.69) is 48.6 Å². The van der Waals surface area contributed by atoms with Crippen LogP contribution in [0.3, 0.4) is 0 Å². The zero-order chi connectivity index (χ0) is 28.1.